The van der Waals surface area contributed by atoms with Gasteiger partial charge in [-0.3, -0.25) is 9.59 Å². The second-order valence-electron chi connectivity index (χ2n) is 6.46. The van der Waals surface area contributed by atoms with Crippen molar-refractivity contribution in [2.24, 2.45) is 0 Å². The molecule has 26 heavy (non-hydrogen) atoms. The van der Waals surface area contributed by atoms with Crippen LogP contribution in [0.1, 0.15) is 34.5 Å². The lowest BCUT2D eigenvalue weighted by molar-refractivity contribution is -0.116. The van der Waals surface area contributed by atoms with E-state index in [0.29, 0.717) is 17.7 Å². The first-order valence-electron chi connectivity index (χ1n) is 9.15. The van der Waals surface area contributed by atoms with Crippen LogP contribution in [0.4, 0.5) is 5.69 Å². The topological polar surface area (TPSA) is 61.4 Å². The zero-order chi connectivity index (χ0) is 18.2. The van der Waals surface area contributed by atoms with E-state index in [1.54, 1.807) is 17.4 Å². The summed E-state index contributed by atoms with van der Waals surface area (Å²) < 4.78 is 0. The van der Waals surface area contributed by atoms with Crippen LogP contribution in [0.15, 0.2) is 41.8 Å². The number of benzene rings is 1. The highest BCUT2D eigenvalue weighted by molar-refractivity contribution is 7.09. The summed E-state index contributed by atoms with van der Waals surface area (Å²) in [5.41, 5.74) is 1.31. The van der Waals surface area contributed by atoms with Gasteiger partial charge in [-0.1, -0.05) is 12.1 Å². The van der Waals surface area contributed by atoms with Crippen molar-refractivity contribution >= 4 is 28.8 Å². The molecule has 0 aliphatic carbocycles. The summed E-state index contributed by atoms with van der Waals surface area (Å²) in [6, 6.07) is 11.4. The average molecular weight is 372 g/mol. The number of nitrogens with zero attached hydrogens (tertiary/aromatic N) is 1. The molecule has 1 aliphatic rings. The van der Waals surface area contributed by atoms with Crippen molar-refractivity contribution in [3.63, 3.8) is 0 Å². The predicted molar refractivity (Wildman–Crippen MR) is 106 cm³/mol. The molecule has 0 atom stereocenters. The zero-order valence-corrected chi connectivity index (χ0v) is 15.7. The molecule has 2 heterocycles. The molecule has 2 N–H and O–H groups in total. The number of nitrogens with one attached hydrogen (secondary N) is 2. The van der Waals surface area contributed by atoms with E-state index in [9.17, 15) is 9.59 Å². The van der Waals surface area contributed by atoms with E-state index in [0.717, 1.165) is 45.4 Å². The van der Waals surface area contributed by atoms with Crippen LogP contribution in [-0.2, 0) is 11.2 Å². The molecule has 6 heteroatoms. The minimum atomic E-state index is -0.00914. The van der Waals surface area contributed by atoms with Crippen molar-refractivity contribution in [1.29, 1.82) is 0 Å². The smallest absolute Gasteiger partial charge is 0.253 e. The molecule has 0 unspecified atom stereocenters. The average Bonchev–Trinajstić information content (AvgIpc) is 3.01. The largest absolute Gasteiger partial charge is 0.337 e. The maximum atomic E-state index is 12.7. The number of aryl methyl sites for hydroxylation is 1. The lowest BCUT2D eigenvalue weighted by Gasteiger charge is -2.20. The van der Waals surface area contributed by atoms with Gasteiger partial charge in [-0.2, -0.15) is 0 Å². The first kappa shape index (κ1) is 18.6. The van der Waals surface area contributed by atoms with Crippen LogP contribution >= 0.6 is 11.3 Å². The first-order chi connectivity index (χ1) is 12.7. The van der Waals surface area contributed by atoms with E-state index in [1.165, 1.54) is 4.88 Å². The lowest BCUT2D eigenvalue weighted by Crippen LogP contribution is -2.34. The number of carbonyl (C=O) groups is 2. The summed E-state index contributed by atoms with van der Waals surface area (Å²) in [5, 5.41) is 8.27. The third kappa shape index (κ3) is 5.41. The maximum Gasteiger partial charge on any atom is 0.253 e. The molecule has 0 saturated carbocycles. The summed E-state index contributed by atoms with van der Waals surface area (Å²) in [6.45, 7) is 3.26. The maximum absolute atomic E-state index is 12.7. The van der Waals surface area contributed by atoms with Crippen LogP contribution in [0.2, 0.25) is 0 Å². The number of rotatable bonds is 6. The van der Waals surface area contributed by atoms with Crippen LogP contribution in [0.25, 0.3) is 0 Å². The molecule has 0 bridgehead atoms. The Bertz CT molecular complexity index is 722. The van der Waals surface area contributed by atoms with E-state index in [2.05, 4.69) is 22.1 Å². The summed E-state index contributed by atoms with van der Waals surface area (Å²) in [4.78, 5) is 28.0. The summed E-state index contributed by atoms with van der Waals surface area (Å²) in [6.07, 6.45) is 3.19. The minimum Gasteiger partial charge on any atom is -0.337 e. The third-order valence-electron chi connectivity index (χ3n) is 4.43. The molecule has 1 aliphatic heterocycles. The van der Waals surface area contributed by atoms with Gasteiger partial charge >= 0.3 is 0 Å². The van der Waals surface area contributed by atoms with Crippen LogP contribution in [-0.4, -0.2) is 42.9 Å². The Morgan fingerprint density at radius 2 is 2.08 bits per heavy atom. The standard InChI is InChI=1S/C20H25N3O2S/c24-19(9-2-7-18-8-3-14-26-18)22-17-6-1-5-16(15-17)20(25)23-12-4-10-21-11-13-23/h1,3,5-6,8,14-15,21H,2,4,7,9-13H2,(H,22,24). The van der Waals surface area contributed by atoms with Gasteiger partial charge in [0.05, 0.1) is 0 Å². The summed E-state index contributed by atoms with van der Waals surface area (Å²) in [7, 11) is 0. The fraction of sp³-hybridized carbons (Fsp3) is 0.400. The van der Waals surface area contributed by atoms with Gasteiger partial charge in [0.2, 0.25) is 5.91 Å². The Morgan fingerprint density at radius 1 is 1.15 bits per heavy atom. The van der Waals surface area contributed by atoms with Gasteiger partial charge in [0.1, 0.15) is 0 Å². The minimum absolute atomic E-state index is 0.00914. The highest BCUT2D eigenvalue weighted by Gasteiger charge is 2.17. The van der Waals surface area contributed by atoms with E-state index in [4.69, 9.17) is 0 Å². The van der Waals surface area contributed by atoms with Gasteiger partial charge in [0.15, 0.2) is 0 Å². The lowest BCUT2D eigenvalue weighted by atomic mass is 10.1. The highest BCUT2D eigenvalue weighted by Crippen LogP contribution is 2.15. The normalized spacial score (nSPS) is 14.7. The number of anilines is 1. The second kappa shape index (κ2) is 9.50. The molecule has 5 nitrogen and oxygen atoms in total. The Labute approximate surface area is 158 Å². The highest BCUT2D eigenvalue weighted by atomic mass is 32.1. The molecule has 1 aromatic heterocycles. The number of thiophene rings is 1. The Hall–Kier alpha value is -2.18. The SMILES string of the molecule is O=C(CCCc1cccs1)Nc1cccc(C(=O)N2CCCNCC2)c1. The van der Waals surface area contributed by atoms with Crippen LogP contribution in [0, 0.1) is 0 Å². The Balaban J connectivity index is 1.52. The molecular formula is C20H25N3O2S. The Morgan fingerprint density at radius 3 is 2.92 bits per heavy atom. The number of hydrogen-bond acceptors (Lipinski definition) is 4. The molecule has 0 spiro atoms. The number of carbonyl (C=O) groups excluding carboxylic acids is 2. The predicted octanol–water partition coefficient (Wildman–Crippen LogP) is 3.15. The second-order valence-corrected chi connectivity index (χ2v) is 7.49. The molecule has 1 saturated heterocycles. The fourth-order valence-electron chi connectivity index (χ4n) is 3.06. The summed E-state index contributed by atoms with van der Waals surface area (Å²) >= 11 is 1.72. The quantitative estimate of drug-likeness (QED) is 0.820. The molecule has 3 rings (SSSR count). The van der Waals surface area contributed by atoms with Crippen molar-refractivity contribution in [3.8, 4) is 0 Å². The van der Waals surface area contributed by atoms with Crippen molar-refractivity contribution in [2.45, 2.75) is 25.7 Å². The molecular weight excluding hydrogens is 346 g/mol. The van der Waals surface area contributed by atoms with Gasteiger partial charge in [0, 0.05) is 42.2 Å². The third-order valence-corrected chi connectivity index (χ3v) is 5.36. The van der Waals surface area contributed by atoms with Gasteiger partial charge in [-0.05, 0) is 55.5 Å². The van der Waals surface area contributed by atoms with Gasteiger partial charge in [-0.25, -0.2) is 0 Å². The summed E-state index contributed by atoms with van der Waals surface area (Å²) in [5.74, 6) is 0.0209. The van der Waals surface area contributed by atoms with Crippen LogP contribution in [0.5, 0.6) is 0 Å². The van der Waals surface area contributed by atoms with Gasteiger partial charge < -0.3 is 15.5 Å². The van der Waals surface area contributed by atoms with E-state index in [-0.39, 0.29) is 11.8 Å². The van der Waals surface area contributed by atoms with Crippen LogP contribution in [0.3, 0.4) is 0 Å². The van der Waals surface area contributed by atoms with Crippen molar-refractivity contribution in [3.05, 3.63) is 52.2 Å². The first-order valence-corrected chi connectivity index (χ1v) is 10.0. The molecule has 0 radical (unpaired) electrons. The Kier molecular flexibility index (Phi) is 6.80. The fourth-order valence-corrected chi connectivity index (χ4v) is 3.81. The van der Waals surface area contributed by atoms with Gasteiger partial charge in [-0.15, -0.1) is 11.3 Å². The van der Waals surface area contributed by atoms with Crippen molar-refractivity contribution in [2.75, 3.05) is 31.5 Å². The number of hydrogen-bond donors (Lipinski definition) is 2. The zero-order valence-electron chi connectivity index (χ0n) is 14.9. The van der Waals surface area contributed by atoms with Crippen molar-refractivity contribution < 1.29 is 9.59 Å². The van der Waals surface area contributed by atoms with E-state index in [1.807, 2.05) is 29.2 Å². The molecule has 1 fully saturated rings. The monoisotopic (exact) mass is 371 g/mol. The molecule has 138 valence electrons. The van der Waals surface area contributed by atoms with E-state index < -0.39 is 0 Å². The van der Waals surface area contributed by atoms with Crippen LogP contribution < -0.4 is 10.6 Å². The van der Waals surface area contributed by atoms with E-state index >= 15 is 0 Å². The van der Waals surface area contributed by atoms with Gasteiger partial charge in [0.25, 0.3) is 5.91 Å². The molecule has 2 aromatic rings. The molecule has 2 amide bonds. The molecule has 1 aromatic carbocycles. The number of amides is 2. The van der Waals surface area contributed by atoms with Crippen molar-refractivity contribution in [1.82, 2.24) is 10.2 Å².